The van der Waals surface area contributed by atoms with Crippen LogP contribution in [-0.4, -0.2) is 56.1 Å². The Labute approximate surface area is 112 Å². The molecule has 0 unspecified atom stereocenters. The monoisotopic (exact) mass is 271 g/mol. The smallest absolute Gasteiger partial charge is 0.323 e. The molecule has 0 aromatic carbocycles. The first-order valence-corrected chi connectivity index (χ1v) is 6.13. The number of carbonyl (C=O) groups excluding carboxylic acids is 1. The van der Waals surface area contributed by atoms with E-state index in [1.165, 1.54) is 7.11 Å². The van der Waals surface area contributed by atoms with Gasteiger partial charge in [-0.1, -0.05) is 0 Å². The van der Waals surface area contributed by atoms with Gasteiger partial charge in [0.2, 0.25) is 0 Å². The third-order valence-corrected chi connectivity index (χ3v) is 2.53. The number of ether oxygens (including phenoxy) is 3. The number of esters is 1. The molecule has 1 atom stereocenters. The molecule has 0 bridgehead atoms. The van der Waals surface area contributed by atoms with Crippen molar-refractivity contribution in [3.05, 3.63) is 18.2 Å². The number of H-pyrrole nitrogens is 1. The van der Waals surface area contributed by atoms with Crippen molar-refractivity contribution in [3.8, 4) is 0 Å². The molecule has 1 aromatic heterocycles. The summed E-state index contributed by atoms with van der Waals surface area (Å²) in [5.74, 6) is -0.324. The van der Waals surface area contributed by atoms with Crippen LogP contribution in [0.4, 0.5) is 0 Å². The minimum Gasteiger partial charge on any atom is -0.468 e. The first kappa shape index (κ1) is 15.6. The molecule has 0 saturated carbocycles. The Hall–Kier alpha value is -1.44. The number of nitrogens with zero attached hydrogens (tertiary/aromatic N) is 1. The summed E-state index contributed by atoms with van der Waals surface area (Å²) in [4.78, 5) is 18.5. The fourth-order valence-electron chi connectivity index (χ4n) is 1.53. The fraction of sp³-hybridized carbons (Fsp3) is 0.667. The average molecular weight is 271 g/mol. The van der Waals surface area contributed by atoms with Crippen LogP contribution in [0.1, 0.15) is 12.1 Å². The van der Waals surface area contributed by atoms with E-state index in [9.17, 15) is 4.79 Å². The average Bonchev–Trinajstić information content (AvgIpc) is 2.93. The molecule has 2 N–H and O–H groups in total. The van der Waals surface area contributed by atoms with Gasteiger partial charge in [0.1, 0.15) is 6.04 Å². The van der Waals surface area contributed by atoms with Gasteiger partial charge in [-0.25, -0.2) is 4.98 Å². The second kappa shape index (κ2) is 9.48. The van der Waals surface area contributed by atoms with Crippen LogP contribution in [0.3, 0.4) is 0 Å². The molecular formula is C12H21N3O4. The second-order valence-electron chi connectivity index (χ2n) is 3.96. The van der Waals surface area contributed by atoms with Crippen LogP contribution in [0.25, 0.3) is 0 Å². The molecule has 0 spiro atoms. The molecule has 0 amide bonds. The van der Waals surface area contributed by atoms with Crippen molar-refractivity contribution in [2.45, 2.75) is 18.9 Å². The predicted octanol–water partition coefficient (Wildman–Crippen LogP) is 0.0940. The summed E-state index contributed by atoms with van der Waals surface area (Å²) in [6, 6.07) is -0.451. The second-order valence-corrected chi connectivity index (χ2v) is 3.96. The van der Waals surface area contributed by atoms with E-state index in [-0.39, 0.29) is 12.7 Å². The maximum atomic E-state index is 11.6. The maximum Gasteiger partial charge on any atom is 0.323 e. The normalized spacial score (nSPS) is 12.3. The molecule has 7 heteroatoms. The molecule has 0 aliphatic heterocycles. The third kappa shape index (κ3) is 6.32. The van der Waals surface area contributed by atoms with Gasteiger partial charge >= 0.3 is 5.97 Å². The van der Waals surface area contributed by atoms with Crippen molar-refractivity contribution in [1.29, 1.82) is 0 Å². The topological polar surface area (TPSA) is 85.5 Å². The zero-order valence-electron chi connectivity index (χ0n) is 11.3. The molecule has 1 rings (SSSR count). The molecule has 1 heterocycles. The number of aromatic nitrogens is 2. The Morgan fingerprint density at radius 2 is 2.32 bits per heavy atom. The van der Waals surface area contributed by atoms with Crippen molar-refractivity contribution >= 4 is 5.97 Å². The van der Waals surface area contributed by atoms with Crippen molar-refractivity contribution < 1.29 is 19.0 Å². The van der Waals surface area contributed by atoms with E-state index in [0.29, 0.717) is 19.6 Å². The van der Waals surface area contributed by atoms with Gasteiger partial charge in [-0.05, 0) is 6.42 Å². The van der Waals surface area contributed by atoms with E-state index < -0.39 is 6.04 Å². The lowest BCUT2D eigenvalue weighted by Crippen LogP contribution is -2.40. The molecule has 19 heavy (non-hydrogen) atoms. The molecule has 0 aliphatic carbocycles. The summed E-state index contributed by atoms with van der Waals surface area (Å²) in [6.45, 7) is 1.53. The highest BCUT2D eigenvalue weighted by molar-refractivity contribution is 5.75. The highest BCUT2D eigenvalue weighted by Gasteiger charge is 2.19. The van der Waals surface area contributed by atoms with E-state index in [1.807, 2.05) is 0 Å². The highest BCUT2D eigenvalue weighted by Crippen LogP contribution is 2.00. The lowest BCUT2D eigenvalue weighted by Gasteiger charge is -2.15. The predicted molar refractivity (Wildman–Crippen MR) is 68.5 cm³/mol. The van der Waals surface area contributed by atoms with Gasteiger partial charge in [0.25, 0.3) is 0 Å². The Bertz CT molecular complexity index is 343. The summed E-state index contributed by atoms with van der Waals surface area (Å²) in [7, 11) is 3.01. The summed E-state index contributed by atoms with van der Waals surface area (Å²) in [5, 5.41) is 3.00. The van der Waals surface area contributed by atoms with Gasteiger partial charge in [-0.2, -0.15) is 0 Å². The number of hydrogen-bond donors (Lipinski definition) is 2. The SMILES string of the molecule is COCCCOCN[C@@H](Cc1cnc[nH]1)C(=O)OC. The van der Waals surface area contributed by atoms with E-state index in [1.54, 1.807) is 19.6 Å². The number of carbonyl (C=O) groups is 1. The Morgan fingerprint density at radius 1 is 1.47 bits per heavy atom. The molecule has 0 aliphatic rings. The lowest BCUT2D eigenvalue weighted by atomic mass is 10.2. The zero-order chi connectivity index (χ0) is 13.9. The molecular weight excluding hydrogens is 250 g/mol. The van der Waals surface area contributed by atoms with Crippen LogP contribution in [0.15, 0.2) is 12.5 Å². The lowest BCUT2D eigenvalue weighted by molar-refractivity contribution is -0.143. The number of rotatable bonds is 10. The van der Waals surface area contributed by atoms with Crippen LogP contribution in [-0.2, 0) is 25.4 Å². The van der Waals surface area contributed by atoms with E-state index in [2.05, 4.69) is 15.3 Å². The van der Waals surface area contributed by atoms with Crippen LogP contribution < -0.4 is 5.32 Å². The summed E-state index contributed by atoms with van der Waals surface area (Å²) < 4.78 is 15.0. The Balaban J connectivity index is 2.28. The first-order chi connectivity index (χ1) is 9.27. The van der Waals surface area contributed by atoms with Crippen LogP contribution >= 0.6 is 0 Å². The molecule has 1 aromatic rings. The third-order valence-electron chi connectivity index (χ3n) is 2.53. The molecule has 108 valence electrons. The molecule has 7 nitrogen and oxygen atoms in total. The number of nitrogens with one attached hydrogen (secondary N) is 2. The standard InChI is InChI=1S/C12H21N3O4/c1-17-4-3-5-19-9-15-11(12(16)18-2)6-10-7-13-8-14-10/h7-8,11,15H,3-6,9H2,1-2H3,(H,13,14)/t11-/m0/s1. The minimum absolute atomic E-state index is 0.289. The van der Waals surface area contributed by atoms with Gasteiger partial charge in [-0.15, -0.1) is 0 Å². The van der Waals surface area contributed by atoms with Crippen LogP contribution in [0, 0.1) is 0 Å². The Morgan fingerprint density at radius 3 is 2.95 bits per heavy atom. The van der Waals surface area contributed by atoms with Crippen molar-refractivity contribution in [1.82, 2.24) is 15.3 Å². The largest absolute Gasteiger partial charge is 0.468 e. The van der Waals surface area contributed by atoms with Crippen LogP contribution in [0.5, 0.6) is 0 Å². The van der Waals surface area contributed by atoms with E-state index in [0.717, 1.165) is 12.1 Å². The van der Waals surface area contributed by atoms with Gasteiger partial charge < -0.3 is 19.2 Å². The number of imidazole rings is 1. The first-order valence-electron chi connectivity index (χ1n) is 6.13. The van der Waals surface area contributed by atoms with Gasteiger partial charge in [0.05, 0.1) is 26.8 Å². The van der Waals surface area contributed by atoms with Gasteiger partial charge in [-0.3, -0.25) is 10.1 Å². The number of hydrogen-bond acceptors (Lipinski definition) is 6. The van der Waals surface area contributed by atoms with Gasteiger partial charge in [0, 0.05) is 32.0 Å². The number of aromatic amines is 1. The van der Waals surface area contributed by atoms with Crippen molar-refractivity contribution in [3.63, 3.8) is 0 Å². The summed E-state index contributed by atoms with van der Waals surface area (Å²) >= 11 is 0. The van der Waals surface area contributed by atoms with Crippen LogP contribution in [0.2, 0.25) is 0 Å². The molecule has 0 saturated heterocycles. The van der Waals surface area contributed by atoms with E-state index >= 15 is 0 Å². The fourth-order valence-corrected chi connectivity index (χ4v) is 1.53. The van der Waals surface area contributed by atoms with Crippen molar-refractivity contribution in [2.75, 3.05) is 34.2 Å². The maximum absolute atomic E-state index is 11.6. The minimum atomic E-state index is -0.451. The number of methoxy groups -OCH3 is 2. The molecule has 0 radical (unpaired) electrons. The highest BCUT2D eigenvalue weighted by atomic mass is 16.5. The van der Waals surface area contributed by atoms with E-state index in [4.69, 9.17) is 14.2 Å². The summed E-state index contributed by atoms with van der Waals surface area (Å²) in [6.07, 6.45) is 4.55. The summed E-state index contributed by atoms with van der Waals surface area (Å²) in [5.41, 5.74) is 0.863. The Kier molecular flexibility index (Phi) is 7.80. The van der Waals surface area contributed by atoms with Crippen molar-refractivity contribution in [2.24, 2.45) is 0 Å². The zero-order valence-corrected chi connectivity index (χ0v) is 11.3. The molecule has 0 fully saturated rings. The quantitative estimate of drug-likeness (QED) is 0.356. The van der Waals surface area contributed by atoms with Gasteiger partial charge in [0.15, 0.2) is 0 Å².